The van der Waals surface area contributed by atoms with Crippen LogP contribution in [0, 0.1) is 6.92 Å². The summed E-state index contributed by atoms with van der Waals surface area (Å²) in [5.74, 6) is 2.03. The maximum Gasteiger partial charge on any atom is 0.134 e. The first-order chi connectivity index (χ1) is 9.54. The average Bonchev–Trinajstić information content (AvgIpc) is 2.84. The van der Waals surface area contributed by atoms with Crippen LogP contribution in [0.4, 0.5) is 0 Å². The zero-order chi connectivity index (χ0) is 14.3. The lowest BCUT2D eigenvalue weighted by Crippen LogP contribution is -2.33. The molecular formula is C16H21NOS2. The van der Waals surface area contributed by atoms with Gasteiger partial charge >= 0.3 is 0 Å². The summed E-state index contributed by atoms with van der Waals surface area (Å²) in [5, 5.41) is 2.95. The quantitative estimate of drug-likeness (QED) is 0.894. The van der Waals surface area contributed by atoms with Crippen molar-refractivity contribution in [3.8, 4) is 0 Å². The summed E-state index contributed by atoms with van der Waals surface area (Å²) in [4.78, 5) is 0. The summed E-state index contributed by atoms with van der Waals surface area (Å²) in [5.41, 5.74) is 8.65. The largest absolute Gasteiger partial charge is 0.459 e. The normalized spacial score (nSPS) is 28.7. The van der Waals surface area contributed by atoms with Gasteiger partial charge in [-0.1, -0.05) is 25.5 Å². The molecule has 1 aromatic carbocycles. The first-order valence-electron chi connectivity index (χ1n) is 7.07. The Bertz CT molecular complexity index is 610. The van der Waals surface area contributed by atoms with E-state index in [2.05, 4.69) is 39.0 Å². The number of nitrogens with two attached hydrogens (primary N) is 1. The molecule has 4 unspecified atom stereocenters. The fourth-order valence-corrected chi connectivity index (χ4v) is 5.55. The van der Waals surface area contributed by atoms with Crippen molar-refractivity contribution in [2.45, 2.75) is 42.6 Å². The highest BCUT2D eigenvalue weighted by Gasteiger charge is 2.31. The summed E-state index contributed by atoms with van der Waals surface area (Å²) in [7, 11) is 0. The molecule has 2 aromatic rings. The van der Waals surface area contributed by atoms with E-state index in [9.17, 15) is 0 Å². The Morgan fingerprint density at radius 1 is 1.25 bits per heavy atom. The smallest absolute Gasteiger partial charge is 0.134 e. The van der Waals surface area contributed by atoms with Crippen molar-refractivity contribution in [3.05, 3.63) is 35.6 Å². The van der Waals surface area contributed by atoms with Crippen LogP contribution in [-0.4, -0.2) is 21.5 Å². The number of hydrogen-bond donors (Lipinski definition) is 1. The van der Waals surface area contributed by atoms with Gasteiger partial charge in [0.15, 0.2) is 0 Å². The molecule has 20 heavy (non-hydrogen) atoms. The van der Waals surface area contributed by atoms with Gasteiger partial charge in [-0.05, 0) is 25.1 Å². The minimum atomic E-state index is -0.0184. The fourth-order valence-electron chi connectivity index (χ4n) is 2.53. The molecule has 0 aliphatic carbocycles. The van der Waals surface area contributed by atoms with Gasteiger partial charge in [0.25, 0.3) is 0 Å². The van der Waals surface area contributed by atoms with Gasteiger partial charge in [0, 0.05) is 26.9 Å². The molecule has 4 heteroatoms. The molecule has 0 saturated carbocycles. The summed E-state index contributed by atoms with van der Waals surface area (Å²) >= 11 is 4.03. The van der Waals surface area contributed by atoms with Crippen molar-refractivity contribution in [1.82, 2.24) is 0 Å². The molecule has 4 atom stereocenters. The highest BCUT2D eigenvalue weighted by molar-refractivity contribution is 8.07. The predicted octanol–water partition coefficient (Wildman–Crippen LogP) is 4.37. The van der Waals surface area contributed by atoms with Crippen molar-refractivity contribution >= 4 is 34.5 Å². The van der Waals surface area contributed by atoms with Crippen LogP contribution in [0.2, 0.25) is 0 Å². The van der Waals surface area contributed by atoms with Crippen LogP contribution >= 0.6 is 23.5 Å². The molecule has 2 nitrogen and oxygen atoms in total. The second-order valence-electron chi connectivity index (χ2n) is 5.63. The lowest BCUT2D eigenvalue weighted by molar-refractivity contribution is 0.493. The van der Waals surface area contributed by atoms with Crippen LogP contribution in [0.15, 0.2) is 28.7 Å². The molecule has 3 rings (SSSR count). The van der Waals surface area contributed by atoms with Gasteiger partial charge in [0.05, 0.1) is 6.04 Å². The van der Waals surface area contributed by atoms with Crippen LogP contribution in [0.5, 0.6) is 0 Å². The average molecular weight is 307 g/mol. The van der Waals surface area contributed by atoms with Gasteiger partial charge < -0.3 is 10.2 Å². The van der Waals surface area contributed by atoms with E-state index in [-0.39, 0.29) is 6.04 Å². The van der Waals surface area contributed by atoms with Crippen molar-refractivity contribution < 1.29 is 4.42 Å². The minimum absolute atomic E-state index is 0.0184. The summed E-state index contributed by atoms with van der Waals surface area (Å²) in [6.07, 6.45) is 0. The highest BCUT2D eigenvalue weighted by Crippen LogP contribution is 2.41. The summed E-state index contributed by atoms with van der Waals surface area (Å²) in [6, 6.07) is 8.36. The Balaban J connectivity index is 1.83. The maximum absolute atomic E-state index is 6.45. The molecule has 1 aliphatic heterocycles. The van der Waals surface area contributed by atoms with E-state index in [1.54, 1.807) is 0 Å². The van der Waals surface area contributed by atoms with E-state index in [1.807, 2.05) is 29.6 Å². The fraction of sp³-hybridized carbons (Fsp3) is 0.500. The molecule has 108 valence electrons. The first-order valence-corrected chi connectivity index (χ1v) is 9.06. The lowest BCUT2D eigenvalue weighted by atomic mass is 10.1. The molecule has 2 heterocycles. The summed E-state index contributed by atoms with van der Waals surface area (Å²) < 4.78 is 5.95. The van der Waals surface area contributed by atoms with E-state index >= 15 is 0 Å². The van der Waals surface area contributed by atoms with Gasteiger partial charge in [-0.25, -0.2) is 0 Å². The maximum atomic E-state index is 6.45. The monoisotopic (exact) mass is 307 g/mol. The SMILES string of the molecule is Cc1ccc2oc(C(N)C3CSC(C)C(C)S3)cc2c1. The van der Waals surface area contributed by atoms with Gasteiger partial charge in [0.2, 0.25) is 0 Å². The Morgan fingerprint density at radius 2 is 2.05 bits per heavy atom. The zero-order valence-electron chi connectivity index (χ0n) is 12.1. The van der Waals surface area contributed by atoms with E-state index in [1.165, 1.54) is 5.56 Å². The van der Waals surface area contributed by atoms with Crippen LogP contribution in [0.25, 0.3) is 11.0 Å². The van der Waals surface area contributed by atoms with Gasteiger partial charge in [-0.3, -0.25) is 0 Å². The third kappa shape index (κ3) is 2.74. The number of hydrogen-bond acceptors (Lipinski definition) is 4. The molecule has 0 radical (unpaired) electrons. The molecule has 1 saturated heterocycles. The van der Waals surface area contributed by atoms with Crippen LogP contribution in [0.3, 0.4) is 0 Å². The van der Waals surface area contributed by atoms with Crippen LogP contribution in [-0.2, 0) is 0 Å². The van der Waals surface area contributed by atoms with Crippen molar-refractivity contribution in [3.63, 3.8) is 0 Å². The Labute approximate surface area is 128 Å². The lowest BCUT2D eigenvalue weighted by Gasteiger charge is -2.33. The standard InChI is InChI=1S/C16H21NOS2/c1-9-4-5-13-12(6-9)7-14(18-13)16(17)15-8-19-10(2)11(3)20-15/h4-7,10-11,15-16H,8,17H2,1-3H3. The second-order valence-corrected chi connectivity index (χ2v) is 8.67. The van der Waals surface area contributed by atoms with Crippen molar-refractivity contribution in [1.29, 1.82) is 0 Å². The molecule has 1 aliphatic rings. The molecule has 0 spiro atoms. The molecule has 2 N–H and O–H groups in total. The van der Waals surface area contributed by atoms with Crippen molar-refractivity contribution in [2.24, 2.45) is 5.73 Å². The highest BCUT2D eigenvalue weighted by atomic mass is 32.2. The minimum Gasteiger partial charge on any atom is -0.459 e. The van der Waals surface area contributed by atoms with Gasteiger partial charge in [0.1, 0.15) is 11.3 Å². The molecule has 0 bridgehead atoms. The number of furan rings is 1. The predicted molar refractivity (Wildman–Crippen MR) is 90.6 cm³/mol. The van der Waals surface area contributed by atoms with E-state index in [0.717, 1.165) is 22.5 Å². The van der Waals surface area contributed by atoms with Gasteiger partial charge in [-0.15, -0.1) is 0 Å². The Morgan fingerprint density at radius 3 is 2.80 bits per heavy atom. The number of fused-ring (bicyclic) bond motifs is 1. The van der Waals surface area contributed by atoms with E-state index < -0.39 is 0 Å². The number of rotatable bonds is 2. The third-order valence-corrected chi connectivity index (χ3v) is 7.51. The number of thioether (sulfide) groups is 2. The number of aryl methyl sites for hydroxylation is 1. The molecular weight excluding hydrogens is 286 g/mol. The number of benzene rings is 1. The molecule has 1 fully saturated rings. The van der Waals surface area contributed by atoms with E-state index in [0.29, 0.717) is 15.7 Å². The Hall–Kier alpha value is -0.580. The first kappa shape index (κ1) is 14.4. The third-order valence-electron chi connectivity index (χ3n) is 3.99. The molecule has 1 aromatic heterocycles. The van der Waals surface area contributed by atoms with E-state index in [4.69, 9.17) is 10.2 Å². The topological polar surface area (TPSA) is 39.2 Å². The Kier molecular flexibility index (Phi) is 4.07. The van der Waals surface area contributed by atoms with Crippen LogP contribution in [0.1, 0.15) is 31.2 Å². The molecule has 0 amide bonds. The van der Waals surface area contributed by atoms with Crippen LogP contribution < -0.4 is 5.73 Å². The van der Waals surface area contributed by atoms with Gasteiger partial charge in [-0.2, -0.15) is 23.5 Å². The summed E-state index contributed by atoms with van der Waals surface area (Å²) in [6.45, 7) is 6.69. The van der Waals surface area contributed by atoms with Crippen molar-refractivity contribution in [2.75, 3.05) is 5.75 Å². The second kappa shape index (κ2) is 5.66. The zero-order valence-corrected chi connectivity index (χ0v) is 13.8.